The Bertz CT molecular complexity index is 671. The van der Waals surface area contributed by atoms with Gasteiger partial charge in [0.2, 0.25) is 15.9 Å². The van der Waals surface area contributed by atoms with Crippen LogP contribution in [0.5, 0.6) is 0 Å². The molecule has 122 valence electrons. The molecule has 1 aromatic carbocycles. The van der Waals surface area contributed by atoms with Crippen molar-refractivity contribution in [1.82, 2.24) is 9.62 Å². The van der Waals surface area contributed by atoms with Crippen LogP contribution in [0.3, 0.4) is 0 Å². The Morgan fingerprint density at radius 3 is 2.68 bits per heavy atom. The molecule has 0 aromatic heterocycles. The van der Waals surface area contributed by atoms with Gasteiger partial charge in [-0.25, -0.2) is 12.8 Å². The zero-order valence-electron chi connectivity index (χ0n) is 12.7. The monoisotopic (exact) mass is 346 g/mol. The van der Waals surface area contributed by atoms with Gasteiger partial charge in [0.05, 0.1) is 10.8 Å². The second kappa shape index (κ2) is 6.17. The first kappa shape index (κ1) is 17.2. The predicted octanol–water partition coefficient (Wildman–Crippen LogP) is 1.80. The van der Waals surface area contributed by atoms with E-state index in [4.69, 9.17) is 0 Å². The number of hydrogen-bond acceptors (Lipinski definition) is 4. The number of benzene rings is 1. The third kappa shape index (κ3) is 3.80. The van der Waals surface area contributed by atoms with E-state index in [0.29, 0.717) is 5.75 Å². The van der Waals surface area contributed by atoms with Crippen molar-refractivity contribution in [2.75, 3.05) is 11.6 Å². The molecule has 22 heavy (non-hydrogen) atoms. The number of carbonyl (C=O) groups is 1. The van der Waals surface area contributed by atoms with Gasteiger partial charge in [0.25, 0.3) is 0 Å². The fourth-order valence-electron chi connectivity index (χ4n) is 2.09. The Hall–Kier alpha value is -1.12. The molecular formula is C14H19FN2O3S2. The zero-order valence-corrected chi connectivity index (χ0v) is 14.3. The Kier molecular flexibility index (Phi) is 4.84. The zero-order chi connectivity index (χ0) is 16.5. The van der Waals surface area contributed by atoms with Crippen LogP contribution in [0, 0.1) is 5.82 Å². The van der Waals surface area contributed by atoms with Gasteiger partial charge in [0.1, 0.15) is 11.9 Å². The predicted molar refractivity (Wildman–Crippen MR) is 84.4 cm³/mol. The number of rotatable bonds is 3. The molecule has 0 saturated carbocycles. The number of halogens is 1. The molecule has 0 radical (unpaired) electrons. The van der Waals surface area contributed by atoms with Crippen LogP contribution in [0.1, 0.15) is 20.8 Å². The highest BCUT2D eigenvalue weighted by molar-refractivity contribution is 8.00. The van der Waals surface area contributed by atoms with Crippen molar-refractivity contribution < 1.29 is 17.6 Å². The minimum atomic E-state index is -3.90. The van der Waals surface area contributed by atoms with Crippen molar-refractivity contribution in [3.63, 3.8) is 0 Å². The third-order valence-corrected chi connectivity index (χ3v) is 6.07. The van der Waals surface area contributed by atoms with Crippen LogP contribution in [-0.4, -0.2) is 41.8 Å². The topological polar surface area (TPSA) is 66.5 Å². The molecule has 1 fully saturated rings. The number of amides is 1. The molecule has 2 rings (SSSR count). The lowest BCUT2D eigenvalue weighted by Gasteiger charge is -2.27. The van der Waals surface area contributed by atoms with Crippen molar-refractivity contribution in [3.8, 4) is 0 Å². The lowest BCUT2D eigenvalue weighted by atomic mass is 10.1. The molecular weight excluding hydrogens is 327 g/mol. The largest absolute Gasteiger partial charge is 0.350 e. The van der Waals surface area contributed by atoms with Crippen molar-refractivity contribution in [2.24, 2.45) is 0 Å². The molecule has 0 spiro atoms. The van der Waals surface area contributed by atoms with Gasteiger partial charge in [-0.2, -0.15) is 4.31 Å². The Morgan fingerprint density at radius 1 is 1.41 bits per heavy atom. The first-order chi connectivity index (χ1) is 10.1. The smallest absolute Gasteiger partial charge is 0.244 e. The first-order valence-electron chi connectivity index (χ1n) is 6.78. The summed E-state index contributed by atoms with van der Waals surface area (Å²) >= 11 is 1.36. The number of carbonyl (C=O) groups excluding carboxylic acids is 1. The molecule has 1 heterocycles. The lowest BCUT2D eigenvalue weighted by Crippen LogP contribution is -2.52. The fraction of sp³-hybridized carbons (Fsp3) is 0.500. The summed E-state index contributed by atoms with van der Waals surface area (Å²) in [5.41, 5.74) is -0.446. The normalized spacial score (nSPS) is 20.1. The van der Waals surface area contributed by atoms with Gasteiger partial charge in [-0.3, -0.25) is 4.79 Å². The molecule has 0 bridgehead atoms. The fourth-order valence-corrected chi connectivity index (χ4v) is 5.27. The van der Waals surface area contributed by atoms with Gasteiger partial charge in [-0.05, 0) is 39.0 Å². The summed E-state index contributed by atoms with van der Waals surface area (Å²) in [5, 5.41) is 2.79. The van der Waals surface area contributed by atoms with E-state index in [-0.39, 0.29) is 16.7 Å². The quantitative estimate of drug-likeness (QED) is 0.906. The molecule has 1 aliphatic heterocycles. The van der Waals surface area contributed by atoms with Crippen molar-refractivity contribution in [3.05, 3.63) is 30.1 Å². The van der Waals surface area contributed by atoms with Crippen LogP contribution in [0.25, 0.3) is 0 Å². The Balaban J connectivity index is 2.28. The van der Waals surface area contributed by atoms with E-state index in [1.54, 1.807) is 0 Å². The molecule has 0 aliphatic carbocycles. The minimum Gasteiger partial charge on any atom is -0.350 e. The molecule has 0 unspecified atom stereocenters. The van der Waals surface area contributed by atoms with E-state index < -0.39 is 27.4 Å². The summed E-state index contributed by atoms with van der Waals surface area (Å²) in [7, 11) is -3.90. The molecule has 1 aromatic rings. The number of sulfonamides is 1. The van der Waals surface area contributed by atoms with Crippen LogP contribution < -0.4 is 5.32 Å². The maximum atomic E-state index is 13.3. The van der Waals surface area contributed by atoms with E-state index in [1.165, 1.54) is 30.0 Å². The summed E-state index contributed by atoms with van der Waals surface area (Å²) in [6, 6.07) is 4.05. The summed E-state index contributed by atoms with van der Waals surface area (Å²) in [5.74, 6) is -0.390. The first-order valence-corrected chi connectivity index (χ1v) is 9.38. The van der Waals surface area contributed by atoms with E-state index in [0.717, 1.165) is 10.4 Å². The van der Waals surface area contributed by atoms with Crippen molar-refractivity contribution in [1.29, 1.82) is 0 Å². The summed E-state index contributed by atoms with van der Waals surface area (Å²) < 4.78 is 39.7. The highest BCUT2D eigenvalue weighted by Gasteiger charge is 2.40. The standard InChI is InChI=1S/C14H19FN2O3S2/c1-14(2,3)16-13(18)12-8-21-9-17(12)22(19,20)11-6-4-5-10(15)7-11/h4-7,12H,8-9H2,1-3H3,(H,16,18)/t12-/m1/s1. The SMILES string of the molecule is CC(C)(C)NC(=O)[C@H]1CSCN1S(=O)(=O)c1cccc(F)c1. The second-order valence-corrected chi connectivity index (χ2v) is 8.99. The highest BCUT2D eigenvalue weighted by Crippen LogP contribution is 2.29. The number of nitrogens with zero attached hydrogens (tertiary/aromatic N) is 1. The maximum absolute atomic E-state index is 13.3. The van der Waals surface area contributed by atoms with Gasteiger partial charge < -0.3 is 5.32 Å². The van der Waals surface area contributed by atoms with Gasteiger partial charge in [-0.15, -0.1) is 11.8 Å². The van der Waals surface area contributed by atoms with E-state index in [2.05, 4.69) is 5.32 Å². The molecule has 8 heteroatoms. The van der Waals surface area contributed by atoms with Gasteiger partial charge in [0, 0.05) is 11.3 Å². The molecule has 1 atom stereocenters. The molecule has 1 amide bonds. The Labute approximate surface area is 134 Å². The van der Waals surface area contributed by atoms with Crippen LogP contribution in [0.4, 0.5) is 4.39 Å². The highest BCUT2D eigenvalue weighted by atomic mass is 32.2. The number of nitrogens with one attached hydrogen (secondary N) is 1. The summed E-state index contributed by atoms with van der Waals surface area (Å²) in [4.78, 5) is 12.2. The second-order valence-electron chi connectivity index (χ2n) is 6.10. The van der Waals surface area contributed by atoms with Crippen molar-refractivity contribution >= 4 is 27.7 Å². The van der Waals surface area contributed by atoms with E-state index in [9.17, 15) is 17.6 Å². The number of hydrogen-bond donors (Lipinski definition) is 1. The molecule has 1 saturated heterocycles. The van der Waals surface area contributed by atoms with E-state index in [1.807, 2.05) is 20.8 Å². The summed E-state index contributed by atoms with van der Waals surface area (Å²) in [6.45, 7) is 5.50. The molecule has 5 nitrogen and oxygen atoms in total. The average Bonchev–Trinajstić information content (AvgIpc) is 2.86. The van der Waals surface area contributed by atoms with Crippen LogP contribution in [-0.2, 0) is 14.8 Å². The van der Waals surface area contributed by atoms with Crippen molar-refractivity contribution in [2.45, 2.75) is 37.2 Å². The lowest BCUT2D eigenvalue weighted by molar-refractivity contribution is -0.125. The van der Waals surface area contributed by atoms with Crippen LogP contribution in [0.2, 0.25) is 0 Å². The maximum Gasteiger partial charge on any atom is 0.244 e. The van der Waals surface area contributed by atoms with Gasteiger partial charge >= 0.3 is 0 Å². The minimum absolute atomic E-state index is 0.136. The Morgan fingerprint density at radius 2 is 2.09 bits per heavy atom. The van der Waals surface area contributed by atoms with Gasteiger partial charge in [0.15, 0.2) is 0 Å². The van der Waals surface area contributed by atoms with Gasteiger partial charge in [-0.1, -0.05) is 6.07 Å². The number of thioether (sulfide) groups is 1. The summed E-state index contributed by atoms with van der Waals surface area (Å²) in [6.07, 6.45) is 0. The van der Waals surface area contributed by atoms with E-state index >= 15 is 0 Å². The molecule has 1 N–H and O–H groups in total. The molecule has 1 aliphatic rings. The van der Waals surface area contributed by atoms with Crippen LogP contribution >= 0.6 is 11.8 Å². The average molecular weight is 346 g/mol. The third-order valence-electron chi connectivity index (χ3n) is 3.05. The van der Waals surface area contributed by atoms with Crippen LogP contribution in [0.15, 0.2) is 29.2 Å².